The van der Waals surface area contributed by atoms with Crippen molar-refractivity contribution < 1.29 is 19.1 Å². The Morgan fingerprint density at radius 2 is 2.00 bits per heavy atom. The number of rotatable bonds is 9. The molecule has 166 valence electrons. The highest BCUT2D eigenvalue weighted by Gasteiger charge is 2.39. The lowest BCUT2D eigenvalue weighted by atomic mass is 9.90. The molecule has 0 aliphatic carbocycles. The lowest BCUT2D eigenvalue weighted by molar-refractivity contribution is -0.128. The number of likely N-dealkylation sites (tertiary alicyclic amines) is 1. The van der Waals surface area contributed by atoms with Crippen molar-refractivity contribution >= 4 is 28.9 Å². The third kappa shape index (κ3) is 5.89. The standard InChI is InChI=1S/C22H33N3O4S/c1-14(2)15(3)10-17(23-21(27)16-6-9-30-13-16)22(28)24-20-18(26)12-29-19(20)11-25-7-4-5-8-25/h6,9,13-15,17,19-20H,4-5,7-8,10-12H2,1-3H3,(H,23,27)(H,24,28)/t15?,17-,19?,20?/m0/s1. The lowest BCUT2D eigenvalue weighted by Crippen LogP contribution is -2.55. The maximum atomic E-state index is 13.1. The van der Waals surface area contributed by atoms with Gasteiger partial charge < -0.3 is 20.3 Å². The summed E-state index contributed by atoms with van der Waals surface area (Å²) in [6, 6.07) is 0.380. The quantitative estimate of drug-likeness (QED) is 0.620. The zero-order valence-corrected chi connectivity index (χ0v) is 18.9. The summed E-state index contributed by atoms with van der Waals surface area (Å²) in [5, 5.41) is 9.36. The summed E-state index contributed by atoms with van der Waals surface area (Å²) in [6.45, 7) is 8.94. The predicted octanol–water partition coefficient (Wildman–Crippen LogP) is 2.08. The van der Waals surface area contributed by atoms with Gasteiger partial charge in [-0.05, 0) is 55.6 Å². The first-order chi connectivity index (χ1) is 14.3. The normalized spacial score (nSPS) is 24.2. The van der Waals surface area contributed by atoms with Crippen molar-refractivity contribution in [3.63, 3.8) is 0 Å². The zero-order valence-electron chi connectivity index (χ0n) is 18.1. The van der Waals surface area contributed by atoms with Crippen LogP contribution in [0.25, 0.3) is 0 Å². The molecule has 3 heterocycles. The Balaban J connectivity index is 1.67. The van der Waals surface area contributed by atoms with Crippen molar-refractivity contribution in [2.45, 2.75) is 58.2 Å². The molecule has 0 aromatic carbocycles. The number of nitrogens with zero attached hydrogens (tertiary/aromatic N) is 1. The maximum absolute atomic E-state index is 13.1. The summed E-state index contributed by atoms with van der Waals surface area (Å²) in [4.78, 5) is 40.4. The molecule has 8 heteroatoms. The number of nitrogens with one attached hydrogen (secondary N) is 2. The van der Waals surface area contributed by atoms with Crippen molar-refractivity contribution in [1.29, 1.82) is 0 Å². The highest BCUT2D eigenvalue weighted by atomic mass is 32.1. The lowest BCUT2D eigenvalue weighted by Gasteiger charge is -2.27. The summed E-state index contributed by atoms with van der Waals surface area (Å²) in [7, 11) is 0. The number of ether oxygens (including phenoxy) is 1. The van der Waals surface area contributed by atoms with Crippen LogP contribution in [0, 0.1) is 11.8 Å². The van der Waals surface area contributed by atoms with Crippen LogP contribution in [0.2, 0.25) is 0 Å². The second-order valence-corrected chi connectivity index (χ2v) is 9.58. The Morgan fingerprint density at radius 3 is 2.63 bits per heavy atom. The Morgan fingerprint density at radius 1 is 1.27 bits per heavy atom. The van der Waals surface area contributed by atoms with Crippen LogP contribution in [0.3, 0.4) is 0 Å². The first kappa shape index (κ1) is 22.9. The molecule has 2 aliphatic rings. The van der Waals surface area contributed by atoms with Gasteiger partial charge in [-0.2, -0.15) is 11.3 Å². The molecule has 3 unspecified atom stereocenters. The first-order valence-electron chi connectivity index (χ1n) is 10.8. The molecule has 30 heavy (non-hydrogen) atoms. The Kier molecular flexibility index (Phi) is 8.02. The van der Waals surface area contributed by atoms with Gasteiger partial charge in [-0.15, -0.1) is 0 Å². The molecule has 4 atom stereocenters. The summed E-state index contributed by atoms with van der Waals surface area (Å²) in [5.74, 6) is -0.0825. The van der Waals surface area contributed by atoms with Gasteiger partial charge in [-0.1, -0.05) is 20.8 Å². The topological polar surface area (TPSA) is 87.7 Å². The van der Waals surface area contributed by atoms with Crippen LogP contribution < -0.4 is 10.6 Å². The van der Waals surface area contributed by atoms with Gasteiger partial charge in [0.2, 0.25) is 5.91 Å². The zero-order chi connectivity index (χ0) is 21.7. The number of amides is 2. The van der Waals surface area contributed by atoms with E-state index in [2.05, 4.69) is 36.3 Å². The van der Waals surface area contributed by atoms with Gasteiger partial charge >= 0.3 is 0 Å². The molecule has 0 spiro atoms. The van der Waals surface area contributed by atoms with Crippen molar-refractivity contribution in [3.8, 4) is 0 Å². The average Bonchev–Trinajstić information content (AvgIpc) is 3.46. The molecule has 1 aromatic heterocycles. The van der Waals surface area contributed by atoms with Gasteiger partial charge in [-0.3, -0.25) is 14.4 Å². The largest absolute Gasteiger partial charge is 0.366 e. The van der Waals surface area contributed by atoms with Crippen LogP contribution >= 0.6 is 11.3 Å². The molecule has 7 nitrogen and oxygen atoms in total. The van der Waals surface area contributed by atoms with Crippen LogP contribution in [0.5, 0.6) is 0 Å². The Hall–Kier alpha value is -1.77. The molecule has 2 fully saturated rings. The fourth-order valence-corrected chi connectivity index (χ4v) is 4.53. The molecule has 2 aliphatic heterocycles. The van der Waals surface area contributed by atoms with Crippen LogP contribution in [-0.4, -0.2) is 66.9 Å². The molecular formula is C22H33N3O4S. The van der Waals surface area contributed by atoms with Crippen molar-refractivity contribution in [1.82, 2.24) is 15.5 Å². The summed E-state index contributed by atoms with van der Waals surface area (Å²) >= 11 is 1.44. The molecule has 2 N–H and O–H groups in total. The Bertz CT molecular complexity index is 731. The van der Waals surface area contributed by atoms with Gasteiger partial charge in [0.15, 0.2) is 5.78 Å². The molecule has 3 rings (SSSR count). The minimum Gasteiger partial charge on any atom is -0.366 e. The number of carbonyl (C=O) groups excluding carboxylic acids is 3. The predicted molar refractivity (Wildman–Crippen MR) is 117 cm³/mol. The van der Waals surface area contributed by atoms with E-state index in [0.717, 1.165) is 25.9 Å². The molecule has 0 bridgehead atoms. The highest BCUT2D eigenvalue weighted by molar-refractivity contribution is 7.08. The van der Waals surface area contributed by atoms with Gasteiger partial charge in [-0.25, -0.2) is 0 Å². The first-order valence-corrected chi connectivity index (χ1v) is 11.8. The van der Waals surface area contributed by atoms with E-state index in [1.54, 1.807) is 11.4 Å². The van der Waals surface area contributed by atoms with E-state index in [-0.39, 0.29) is 36.2 Å². The SMILES string of the molecule is CC(C)C(C)C[C@H](NC(=O)c1ccsc1)C(=O)NC1C(=O)COC1CN1CCCC1. The summed E-state index contributed by atoms with van der Waals surface area (Å²) < 4.78 is 5.69. The molecule has 0 saturated carbocycles. The molecular weight excluding hydrogens is 402 g/mol. The van der Waals surface area contributed by atoms with E-state index >= 15 is 0 Å². The number of thiophene rings is 1. The third-order valence-corrected chi connectivity index (χ3v) is 6.93. The van der Waals surface area contributed by atoms with E-state index in [0.29, 0.717) is 24.4 Å². The summed E-state index contributed by atoms with van der Waals surface area (Å²) in [5.41, 5.74) is 0.544. The fourth-order valence-electron chi connectivity index (χ4n) is 3.90. The Labute approximate surface area is 182 Å². The molecule has 2 saturated heterocycles. The molecule has 2 amide bonds. The van der Waals surface area contributed by atoms with Crippen LogP contribution in [0.1, 0.15) is 50.4 Å². The molecule has 1 aromatic rings. The maximum Gasteiger partial charge on any atom is 0.252 e. The van der Waals surface area contributed by atoms with E-state index in [4.69, 9.17) is 4.74 Å². The van der Waals surface area contributed by atoms with Crippen LogP contribution in [-0.2, 0) is 14.3 Å². The number of ketones is 1. The number of hydrogen-bond donors (Lipinski definition) is 2. The van der Waals surface area contributed by atoms with E-state index in [9.17, 15) is 14.4 Å². The highest BCUT2D eigenvalue weighted by Crippen LogP contribution is 2.19. The van der Waals surface area contributed by atoms with Gasteiger partial charge in [0, 0.05) is 11.9 Å². The van der Waals surface area contributed by atoms with Gasteiger partial charge in [0.1, 0.15) is 18.7 Å². The summed E-state index contributed by atoms with van der Waals surface area (Å²) in [6.07, 6.45) is 2.48. The second kappa shape index (κ2) is 10.5. The van der Waals surface area contributed by atoms with Gasteiger partial charge in [0.05, 0.1) is 11.7 Å². The van der Waals surface area contributed by atoms with Crippen LogP contribution in [0.15, 0.2) is 16.8 Å². The van der Waals surface area contributed by atoms with Crippen LogP contribution in [0.4, 0.5) is 0 Å². The van der Waals surface area contributed by atoms with E-state index in [1.165, 1.54) is 11.3 Å². The van der Waals surface area contributed by atoms with Crippen molar-refractivity contribution in [2.24, 2.45) is 11.8 Å². The average molecular weight is 436 g/mol. The smallest absolute Gasteiger partial charge is 0.252 e. The van der Waals surface area contributed by atoms with E-state index in [1.807, 2.05) is 5.38 Å². The second-order valence-electron chi connectivity index (χ2n) is 8.80. The number of carbonyl (C=O) groups is 3. The molecule has 0 radical (unpaired) electrons. The minimum atomic E-state index is -0.698. The van der Waals surface area contributed by atoms with Crippen molar-refractivity contribution in [2.75, 3.05) is 26.2 Å². The fraction of sp³-hybridized carbons (Fsp3) is 0.682. The van der Waals surface area contributed by atoms with Crippen molar-refractivity contribution in [3.05, 3.63) is 22.4 Å². The monoisotopic (exact) mass is 435 g/mol. The third-order valence-electron chi connectivity index (χ3n) is 6.24. The number of Topliss-reactive ketones (excluding diaryl/α,β-unsaturated/α-hetero) is 1. The number of hydrogen-bond acceptors (Lipinski definition) is 6. The minimum absolute atomic E-state index is 0.0256. The van der Waals surface area contributed by atoms with E-state index < -0.39 is 12.1 Å². The van der Waals surface area contributed by atoms with Gasteiger partial charge in [0.25, 0.3) is 5.91 Å².